The Labute approximate surface area is 218 Å². The van der Waals surface area contributed by atoms with E-state index in [1.54, 1.807) is 0 Å². The lowest BCUT2D eigenvalue weighted by Crippen LogP contribution is -2.32. The molecule has 5 heteroatoms. The minimum atomic E-state index is -0.328. The van der Waals surface area contributed by atoms with Crippen LogP contribution in [0.3, 0.4) is 0 Å². The molecule has 186 valence electrons. The highest BCUT2D eigenvalue weighted by Crippen LogP contribution is 2.38. The Morgan fingerprint density at radius 1 is 0.722 bits per heavy atom. The van der Waals surface area contributed by atoms with Crippen LogP contribution in [0.4, 0.5) is 11.4 Å². The monoisotopic (exact) mass is 498 g/mol. The smallest absolute Gasteiger partial charge is 0.283 e. The molecule has 0 fully saturated rings. The van der Waals surface area contributed by atoms with Crippen LogP contribution in [0, 0.1) is 6.92 Å². The lowest BCUT2D eigenvalue weighted by atomic mass is 10.1. The predicted octanol–water partition coefficient (Wildman–Crippen LogP) is 7.67. The van der Waals surface area contributed by atoms with Crippen molar-refractivity contribution in [1.82, 2.24) is 0 Å². The molecule has 4 rings (SSSR count). The number of anilines is 2. The van der Waals surface area contributed by atoms with Gasteiger partial charge in [-0.3, -0.25) is 9.59 Å². The van der Waals surface area contributed by atoms with Gasteiger partial charge in [0.15, 0.2) is 0 Å². The highest BCUT2D eigenvalue weighted by molar-refractivity contribution is 8.04. The first-order chi connectivity index (χ1) is 17.5. The summed E-state index contributed by atoms with van der Waals surface area (Å²) < 4.78 is 0. The molecule has 0 radical (unpaired) electrons. The van der Waals surface area contributed by atoms with Crippen LogP contribution in [0.2, 0.25) is 0 Å². The van der Waals surface area contributed by atoms with Gasteiger partial charge in [-0.15, -0.1) is 0 Å². The van der Waals surface area contributed by atoms with Gasteiger partial charge >= 0.3 is 0 Å². The number of thioether (sulfide) groups is 1. The quantitative estimate of drug-likeness (QED) is 0.276. The van der Waals surface area contributed by atoms with E-state index in [1.165, 1.54) is 27.8 Å². The van der Waals surface area contributed by atoms with Crippen LogP contribution in [0.1, 0.15) is 56.2 Å². The van der Waals surface area contributed by atoms with E-state index >= 15 is 0 Å². The van der Waals surface area contributed by atoms with Crippen molar-refractivity contribution in [3.63, 3.8) is 0 Å². The Morgan fingerprint density at radius 3 is 1.83 bits per heavy atom. The largest absolute Gasteiger partial charge is 0.350 e. The van der Waals surface area contributed by atoms with Gasteiger partial charge in [-0.25, -0.2) is 4.90 Å². The molecule has 1 aliphatic rings. The maximum atomic E-state index is 13.6. The number of amides is 2. The third-order valence-corrected chi connectivity index (χ3v) is 7.43. The summed E-state index contributed by atoms with van der Waals surface area (Å²) in [6, 6.07) is 23.9. The zero-order valence-corrected chi connectivity index (χ0v) is 22.2. The molecule has 0 aliphatic carbocycles. The molecule has 0 saturated carbocycles. The van der Waals surface area contributed by atoms with E-state index in [0.29, 0.717) is 16.3 Å². The molecular formula is C31H34N2O2S. The van der Waals surface area contributed by atoms with Crippen molar-refractivity contribution >= 4 is 35.0 Å². The van der Waals surface area contributed by atoms with Gasteiger partial charge in [-0.05, 0) is 80.1 Å². The summed E-state index contributed by atoms with van der Waals surface area (Å²) in [7, 11) is 0. The average Bonchev–Trinajstić information content (AvgIpc) is 3.12. The number of carbonyl (C=O) groups excluding carboxylic acids is 2. The molecule has 1 heterocycles. The number of carbonyl (C=O) groups is 2. The summed E-state index contributed by atoms with van der Waals surface area (Å²) in [5.41, 5.74) is 5.34. The van der Waals surface area contributed by atoms with Crippen molar-refractivity contribution in [3.05, 3.63) is 100 Å². The summed E-state index contributed by atoms with van der Waals surface area (Å²) in [6.45, 7) is 6.38. The highest BCUT2D eigenvalue weighted by atomic mass is 32.2. The van der Waals surface area contributed by atoms with E-state index < -0.39 is 0 Å². The van der Waals surface area contributed by atoms with E-state index in [0.717, 1.165) is 54.7 Å². The standard InChI is InChI=1S/C31H34N2O2S/c1-4-6-8-23-12-16-25(17-13-23)32-28-29(36-27-20-10-22(3)11-21-27)31(35)33(30(28)34)26-18-14-24(15-19-26)9-7-5-2/h10-21,32H,4-9H2,1-3H3. The van der Waals surface area contributed by atoms with Gasteiger partial charge in [0, 0.05) is 10.6 Å². The Kier molecular flexibility index (Phi) is 8.65. The molecular weight excluding hydrogens is 464 g/mol. The maximum Gasteiger partial charge on any atom is 0.283 e. The molecule has 0 unspecified atom stereocenters. The Morgan fingerprint density at radius 2 is 1.28 bits per heavy atom. The van der Waals surface area contributed by atoms with Crippen molar-refractivity contribution in [3.8, 4) is 0 Å². The Bertz CT molecular complexity index is 1230. The number of nitrogens with zero attached hydrogens (tertiary/aromatic N) is 1. The van der Waals surface area contributed by atoms with E-state index in [2.05, 4.69) is 31.3 Å². The first-order valence-corrected chi connectivity index (χ1v) is 13.6. The minimum Gasteiger partial charge on any atom is -0.350 e. The second kappa shape index (κ2) is 12.1. The minimum absolute atomic E-state index is 0.297. The van der Waals surface area contributed by atoms with Gasteiger partial charge in [-0.1, -0.05) is 80.4 Å². The molecule has 0 bridgehead atoms. The van der Waals surface area contributed by atoms with Crippen molar-refractivity contribution in [2.75, 3.05) is 10.2 Å². The molecule has 3 aromatic carbocycles. The van der Waals surface area contributed by atoms with Gasteiger partial charge in [0.2, 0.25) is 0 Å². The fourth-order valence-electron chi connectivity index (χ4n) is 4.15. The second-order valence-corrected chi connectivity index (χ2v) is 10.3. The number of nitrogens with one attached hydrogen (secondary N) is 1. The third kappa shape index (κ3) is 6.08. The van der Waals surface area contributed by atoms with Crippen LogP contribution in [-0.2, 0) is 22.4 Å². The van der Waals surface area contributed by atoms with E-state index in [9.17, 15) is 9.59 Å². The van der Waals surface area contributed by atoms with E-state index in [4.69, 9.17) is 0 Å². The van der Waals surface area contributed by atoms with Crippen LogP contribution < -0.4 is 10.2 Å². The Hall–Kier alpha value is -3.31. The normalized spacial score (nSPS) is 13.6. The molecule has 0 spiro atoms. The van der Waals surface area contributed by atoms with Crippen LogP contribution in [0.15, 0.2) is 88.3 Å². The number of aryl methyl sites for hydroxylation is 3. The van der Waals surface area contributed by atoms with Crippen molar-refractivity contribution in [2.45, 2.75) is 64.2 Å². The molecule has 1 N–H and O–H groups in total. The first-order valence-electron chi connectivity index (χ1n) is 12.8. The summed E-state index contributed by atoms with van der Waals surface area (Å²) in [5.74, 6) is -0.625. The Balaban J connectivity index is 1.62. The molecule has 0 aromatic heterocycles. The fraction of sp³-hybridized carbons (Fsp3) is 0.290. The summed E-state index contributed by atoms with van der Waals surface area (Å²) in [4.78, 5) is 29.8. The number of hydrogen-bond donors (Lipinski definition) is 1. The van der Waals surface area contributed by atoms with Gasteiger partial charge < -0.3 is 5.32 Å². The number of benzene rings is 3. The maximum absolute atomic E-state index is 13.6. The van der Waals surface area contributed by atoms with Crippen LogP contribution >= 0.6 is 11.8 Å². The lowest BCUT2D eigenvalue weighted by Gasteiger charge is -2.16. The molecule has 1 aliphatic heterocycles. The zero-order valence-electron chi connectivity index (χ0n) is 21.3. The van der Waals surface area contributed by atoms with Gasteiger partial charge in [0.1, 0.15) is 10.6 Å². The van der Waals surface area contributed by atoms with Gasteiger partial charge in [0.25, 0.3) is 11.8 Å². The number of unbranched alkanes of at least 4 members (excludes halogenated alkanes) is 2. The van der Waals surface area contributed by atoms with Gasteiger partial charge in [-0.2, -0.15) is 0 Å². The second-order valence-electron chi connectivity index (χ2n) is 9.26. The summed E-state index contributed by atoms with van der Waals surface area (Å²) >= 11 is 1.33. The first kappa shape index (κ1) is 25.8. The predicted molar refractivity (Wildman–Crippen MR) is 150 cm³/mol. The average molecular weight is 499 g/mol. The SMILES string of the molecule is CCCCc1ccc(NC2=C(Sc3ccc(C)cc3)C(=O)N(c3ccc(CCCC)cc3)C2=O)cc1. The van der Waals surface area contributed by atoms with Crippen molar-refractivity contribution in [1.29, 1.82) is 0 Å². The van der Waals surface area contributed by atoms with E-state index in [-0.39, 0.29) is 11.8 Å². The molecule has 0 saturated heterocycles. The number of rotatable bonds is 11. The molecule has 36 heavy (non-hydrogen) atoms. The third-order valence-electron chi connectivity index (χ3n) is 6.34. The number of imide groups is 1. The van der Waals surface area contributed by atoms with Crippen LogP contribution in [0.25, 0.3) is 0 Å². The van der Waals surface area contributed by atoms with E-state index in [1.807, 2.05) is 67.6 Å². The number of hydrogen-bond acceptors (Lipinski definition) is 4. The van der Waals surface area contributed by atoms with Crippen molar-refractivity contribution in [2.24, 2.45) is 0 Å². The zero-order chi connectivity index (χ0) is 25.5. The molecule has 2 amide bonds. The molecule has 3 aromatic rings. The highest BCUT2D eigenvalue weighted by Gasteiger charge is 2.40. The topological polar surface area (TPSA) is 49.4 Å². The summed E-state index contributed by atoms with van der Waals surface area (Å²) in [6.07, 6.45) is 6.57. The fourth-order valence-corrected chi connectivity index (χ4v) is 5.07. The van der Waals surface area contributed by atoms with Crippen molar-refractivity contribution < 1.29 is 9.59 Å². The lowest BCUT2D eigenvalue weighted by molar-refractivity contribution is -0.120. The van der Waals surface area contributed by atoms with Gasteiger partial charge in [0.05, 0.1) is 5.69 Å². The van der Waals surface area contributed by atoms with Crippen LogP contribution in [0.5, 0.6) is 0 Å². The van der Waals surface area contributed by atoms with Crippen LogP contribution in [-0.4, -0.2) is 11.8 Å². The molecule has 4 nitrogen and oxygen atoms in total. The summed E-state index contributed by atoms with van der Waals surface area (Å²) in [5, 5.41) is 3.27. The molecule has 0 atom stereocenters.